The third-order valence-electron chi connectivity index (χ3n) is 9.55. The van der Waals surface area contributed by atoms with Crippen molar-refractivity contribution in [3.8, 4) is 0 Å². The molecular formula is C35H46N6O4. The maximum atomic E-state index is 10.9. The fraction of sp³-hybridized carbons (Fsp3) is 0.514. The Kier molecular flexibility index (Phi) is 10.1. The molecule has 0 radical (unpaired) electrons. The van der Waals surface area contributed by atoms with Gasteiger partial charge in [0.15, 0.2) is 23.2 Å². The van der Waals surface area contributed by atoms with E-state index in [1.54, 1.807) is 18.0 Å². The topological polar surface area (TPSA) is 127 Å². The number of benzene rings is 2. The van der Waals surface area contributed by atoms with Gasteiger partial charge in [0.05, 0.1) is 19.5 Å². The highest BCUT2D eigenvalue weighted by Crippen LogP contribution is 2.34. The zero-order chi connectivity index (χ0) is 31.3. The molecular weight excluding hydrogens is 568 g/mol. The Morgan fingerprint density at radius 2 is 1.60 bits per heavy atom. The van der Waals surface area contributed by atoms with Crippen molar-refractivity contribution in [3.63, 3.8) is 0 Å². The van der Waals surface area contributed by atoms with Crippen LogP contribution in [0.3, 0.4) is 0 Å². The first-order valence-corrected chi connectivity index (χ1v) is 16.2. The summed E-state index contributed by atoms with van der Waals surface area (Å²) in [6.45, 7) is 5.91. The summed E-state index contributed by atoms with van der Waals surface area (Å²) < 4.78 is 13.0. The Morgan fingerprint density at radius 3 is 2.22 bits per heavy atom. The second kappa shape index (κ2) is 14.3. The fourth-order valence-electron chi connectivity index (χ4n) is 6.83. The number of aliphatic hydroxyl groups excluding tert-OH is 2. The molecule has 240 valence electrons. The fourth-order valence-corrected chi connectivity index (χ4v) is 6.83. The van der Waals surface area contributed by atoms with Crippen LogP contribution in [0.15, 0.2) is 67.0 Å². The van der Waals surface area contributed by atoms with E-state index < -0.39 is 24.5 Å². The number of aliphatic hydroxyl groups is 2. The Morgan fingerprint density at radius 1 is 0.933 bits per heavy atom. The molecule has 1 aliphatic carbocycles. The molecule has 2 aromatic carbocycles. The van der Waals surface area contributed by atoms with Gasteiger partial charge in [-0.1, -0.05) is 74.5 Å². The van der Waals surface area contributed by atoms with E-state index >= 15 is 0 Å². The first-order valence-electron chi connectivity index (χ1n) is 16.2. The van der Waals surface area contributed by atoms with Crippen LogP contribution in [-0.2, 0) is 16.0 Å². The van der Waals surface area contributed by atoms with Crippen molar-refractivity contribution < 1.29 is 19.7 Å². The zero-order valence-electron chi connectivity index (χ0n) is 26.4. The molecule has 0 bridgehead atoms. The van der Waals surface area contributed by atoms with Gasteiger partial charge in [0, 0.05) is 25.6 Å². The molecule has 1 saturated carbocycles. The standard InChI is InChI=1S/C35H46N6O4/c1-22(2)23-14-16-26(17-15-23)36-19-29-39-33(37-18-27(24-10-6-4-7-11-24)25-12-8-5-9-13-25)30-34(40-29)41(21-38-30)35-32(43)31(42)28(45-35)20-44-3/h4-13,21-23,26-28,31-32,35-36,42-43H,14-20H2,1-3H3,(H,37,39,40)/t23?,26?,28-,31+,32+,35-/m1/s1. The van der Waals surface area contributed by atoms with Gasteiger partial charge in [-0.3, -0.25) is 4.57 Å². The molecule has 3 heterocycles. The Hall–Kier alpha value is -3.41. The number of nitrogens with one attached hydrogen (secondary N) is 2. The van der Waals surface area contributed by atoms with Crippen molar-refractivity contribution in [2.24, 2.45) is 11.8 Å². The number of methoxy groups -OCH3 is 1. The minimum absolute atomic E-state index is 0.0853. The molecule has 0 amide bonds. The highest BCUT2D eigenvalue weighted by molar-refractivity contribution is 5.83. The molecule has 1 saturated heterocycles. The smallest absolute Gasteiger partial charge is 0.168 e. The van der Waals surface area contributed by atoms with Crippen LogP contribution in [0.25, 0.3) is 11.2 Å². The Balaban J connectivity index is 1.29. The molecule has 2 aliphatic rings. The van der Waals surface area contributed by atoms with Crippen molar-refractivity contribution in [1.29, 1.82) is 0 Å². The van der Waals surface area contributed by atoms with E-state index in [9.17, 15) is 10.2 Å². The van der Waals surface area contributed by atoms with Gasteiger partial charge < -0.3 is 30.3 Å². The summed E-state index contributed by atoms with van der Waals surface area (Å²) in [6, 6.07) is 21.3. The molecule has 6 rings (SSSR count). The van der Waals surface area contributed by atoms with Crippen molar-refractivity contribution >= 4 is 17.0 Å². The van der Waals surface area contributed by atoms with E-state index in [1.807, 2.05) is 12.1 Å². The molecule has 0 unspecified atom stereocenters. The summed E-state index contributed by atoms with van der Waals surface area (Å²) in [7, 11) is 1.54. The average Bonchev–Trinajstić information content (AvgIpc) is 3.61. The number of aromatic nitrogens is 4. The van der Waals surface area contributed by atoms with E-state index in [2.05, 4.69) is 78.0 Å². The normalized spacial score (nSPS) is 25.4. The lowest BCUT2D eigenvalue weighted by atomic mass is 9.80. The average molecular weight is 615 g/mol. The van der Waals surface area contributed by atoms with Crippen LogP contribution >= 0.6 is 0 Å². The second-order valence-corrected chi connectivity index (χ2v) is 12.8. The summed E-state index contributed by atoms with van der Waals surface area (Å²) in [5.41, 5.74) is 3.52. The lowest BCUT2D eigenvalue weighted by Gasteiger charge is -2.31. The zero-order valence-corrected chi connectivity index (χ0v) is 26.4. The van der Waals surface area contributed by atoms with Crippen LogP contribution in [0.2, 0.25) is 0 Å². The summed E-state index contributed by atoms with van der Waals surface area (Å²) in [5.74, 6) is 2.85. The summed E-state index contributed by atoms with van der Waals surface area (Å²) in [6.07, 6.45) is 2.59. The van der Waals surface area contributed by atoms with Crippen LogP contribution in [0.5, 0.6) is 0 Å². The van der Waals surface area contributed by atoms with Crippen molar-refractivity contribution in [3.05, 3.63) is 83.9 Å². The third kappa shape index (κ3) is 7.05. The number of imidazole rings is 1. The lowest BCUT2D eigenvalue weighted by Crippen LogP contribution is -2.34. The lowest BCUT2D eigenvalue weighted by molar-refractivity contribution is -0.0580. The second-order valence-electron chi connectivity index (χ2n) is 12.8. The van der Waals surface area contributed by atoms with Crippen molar-refractivity contribution in [2.75, 3.05) is 25.6 Å². The number of nitrogens with zero attached hydrogens (tertiary/aromatic N) is 4. The highest BCUT2D eigenvalue weighted by Gasteiger charge is 2.44. The first kappa shape index (κ1) is 31.6. The molecule has 2 aromatic heterocycles. The van der Waals surface area contributed by atoms with Gasteiger partial charge >= 0.3 is 0 Å². The molecule has 2 fully saturated rings. The quantitative estimate of drug-likeness (QED) is 0.181. The highest BCUT2D eigenvalue weighted by atomic mass is 16.6. The van der Waals surface area contributed by atoms with E-state index in [0.717, 1.165) is 24.7 Å². The predicted molar refractivity (Wildman–Crippen MR) is 174 cm³/mol. The SMILES string of the molecule is COC[C@H]1O[C@@H](n2cnc3c(NCC(c4ccccc4)c4ccccc4)nc(CNC4CCC(C(C)C)CC4)nc32)[C@@H](O)[C@H]1O. The van der Waals surface area contributed by atoms with Crippen LogP contribution in [0, 0.1) is 11.8 Å². The molecule has 4 atom stereocenters. The number of anilines is 1. The predicted octanol–water partition coefficient (Wildman–Crippen LogP) is 4.64. The van der Waals surface area contributed by atoms with E-state index in [1.165, 1.54) is 24.0 Å². The number of hydrogen-bond acceptors (Lipinski definition) is 9. The number of fused-ring (bicyclic) bond motifs is 1. The maximum absolute atomic E-state index is 10.9. The minimum Gasteiger partial charge on any atom is -0.387 e. The van der Waals surface area contributed by atoms with Crippen molar-refractivity contribution in [2.45, 2.75) is 82.6 Å². The van der Waals surface area contributed by atoms with E-state index in [-0.39, 0.29) is 12.5 Å². The summed E-state index contributed by atoms with van der Waals surface area (Å²) in [5, 5.41) is 28.9. The number of rotatable bonds is 12. The van der Waals surface area contributed by atoms with Gasteiger partial charge in [0.2, 0.25) is 0 Å². The van der Waals surface area contributed by atoms with Gasteiger partial charge in [-0.05, 0) is 48.6 Å². The number of ether oxygens (including phenoxy) is 2. The Labute approximate surface area is 265 Å². The van der Waals surface area contributed by atoms with Gasteiger partial charge in [0.25, 0.3) is 0 Å². The molecule has 1 aliphatic heterocycles. The van der Waals surface area contributed by atoms with Crippen LogP contribution in [0.1, 0.15) is 68.6 Å². The van der Waals surface area contributed by atoms with Gasteiger partial charge in [0.1, 0.15) is 24.1 Å². The van der Waals surface area contributed by atoms with Gasteiger partial charge in [-0.25, -0.2) is 15.0 Å². The maximum Gasteiger partial charge on any atom is 0.168 e. The first-order chi connectivity index (χ1) is 21.9. The van der Waals surface area contributed by atoms with E-state index in [0.29, 0.717) is 41.9 Å². The largest absolute Gasteiger partial charge is 0.387 e. The van der Waals surface area contributed by atoms with Crippen LogP contribution in [-0.4, -0.2) is 74.3 Å². The van der Waals surface area contributed by atoms with Crippen molar-refractivity contribution in [1.82, 2.24) is 24.8 Å². The van der Waals surface area contributed by atoms with Crippen LogP contribution < -0.4 is 10.6 Å². The molecule has 10 nitrogen and oxygen atoms in total. The molecule has 4 N–H and O–H groups in total. The molecule has 10 heteroatoms. The number of hydrogen-bond donors (Lipinski definition) is 4. The minimum atomic E-state index is -1.16. The molecule has 0 spiro atoms. The molecule has 45 heavy (non-hydrogen) atoms. The monoisotopic (exact) mass is 614 g/mol. The van der Waals surface area contributed by atoms with Gasteiger partial charge in [-0.15, -0.1) is 0 Å². The van der Waals surface area contributed by atoms with Crippen LogP contribution in [0.4, 0.5) is 5.82 Å². The van der Waals surface area contributed by atoms with Gasteiger partial charge in [-0.2, -0.15) is 0 Å². The Bertz CT molecular complexity index is 1470. The molecule has 4 aromatic rings. The summed E-state index contributed by atoms with van der Waals surface area (Å²) >= 11 is 0. The summed E-state index contributed by atoms with van der Waals surface area (Å²) in [4.78, 5) is 14.6. The van der Waals surface area contributed by atoms with E-state index in [4.69, 9.17) is 19.4 Å². The third-order valence-corrected chi connectivity index (χ3v) is 9.55.